The van der Waals surface area contributed by atoms with Crippen LogP contribution in [0.5, 0.6) is 5.75 Å². The van der Waals surface area contributed by atoms with Crippen molar-refractivity contribution >= 4 is 21.8 Å². The maximum absolute atomic E-state index is 13.2. The normalized spacial score (nSPS) is 11.1. The van der Waals surface area contributed by atoms with Crippen LogP contribution in [0.2, 0.25) is 0 Å². The summed E-state index contributed by atoms with van der Waals surface area (Å²) in [6.07, 6.45) is 0. The molecule has 2 aromatic carbocycles. The van der Waals surface area contributed by atoms with E-state index in [4.69, 9.17) is 8.92 Å². The smallest absolute Gasteiger partial charge is 0.362 e. The van der Waals surface area contributed by atoms with Crippen LogP contribution in [0.3, 0.4) is 0 Å². The van der Waals surface area contributed by atoms with Gasteiger partial charge in [0.25, 0.3) is 11.2 Å². The third kappa shape index (κ3) is 4.78. The molecule has 1 aromatic heterocycles. The third-order valence-electron chi connectivity index (χ3n) is 3.95. The van der Waals surface area contributed by atoms with Crippen LogP contribution in [0.15, 0.2) is 64.3 Å². The topological polar surface area (TPSA) is 148 Å². The van der Waals surface area contributed by atoms with E-state index in [0.29, 0.717) is 6.07 Å². The molecular formula is C19H14FN3O8S. The zero-order valence-corrected chi connectivity index (χ0v) is 17.1. The van der Waals surface area contributed by atoms with Gasteiger partial charge in [0.05, 0.1) is 23.3 Å². The van der Waals surface area contributed by atoms with Crippen LogP contribution in [0, 0.1) is 15.9 Å². The van der Waals surface area contributed by atoms with Crippen molar-refractivity contribution in [1.82, 2.24) is 9.78 Å². The molecule has 0 radical (unpaired) electrons. The number of ether oxygens (including phenoxy) is 1. The van der Waals surface area contributed by atoms with Crippen LogP contribution in [0.1, 0.15) is 17.4 Å². The van der Waals surface area contributed by atoms with Gasteiger partial charge in [-0.3, -0.25) is 14.9 Å². The van der Waals surface area contributed by atoms with Crippen LogP contribution in [0.25, 0.3) is 5.69 Å². The molecule has 3 aromatic rings. The fourth-order valence-electron chi connectivity index (χ4n) is 2.53. The van der Waals surface area contributed by atoms with Crippen molar-refractivity contribution in [2.75, 3.05) is 6.61 Å². The van der Waals surface area contributed by atoms with Crippen molar-refractivity contribution in [2.24, 2.45) is 0 Å². The second-order valence-corrected chi connectivity index (χ2v) is 7.64. The monoisotopic (exact) mass is 463 g/mol. The van der Waals surface area contributed by atoms with Crippen molar-refractivity contribution in [2.45, 2.75) is 11.8 Å². The summed E-state index contributed by atoms with van der Waals surface area (Å²) in [5.41, 5.74) is -1.96. The molecule has 166 valence electrons. The van der Waals surface area contributed by atoms with E-state index in [2.05, 4.69) is 5.10 Å². The summed E-state index contributed by atoms with van der Waals surface area (Å²) in [4.78, 5) is 34.4. The number of carbonyl (C=O) groups is 1. The molecule has 32 heavy (non-hydrogen) atoms. The summed E-state index contributed by atoms with van der Waals surface area (Å²) in [7, 11) is -4.69. The Morgan fingerprint density at radius 3 is 2.50 bits per heavy atom. The second kappa shape index (κ2) is 8.93. The minimum absolute atomic E-state index is 0.0900. The van der Waals surface area contributed by atoms with Crippen molar-refractivity contribution in [1.29, 1.82) is 0 Å². The van der Waals surface area contributed by atoms with Gasteiger partial charge in [0, 0.05) is 12.1 Å². The van der Waals surface area contributed by atoms with Gasteiger partial charge in [-0.1, -0.05) is 6.07 Å². The molecule has 0 fully saturated rings. The highest BCUT2D eigenvalue weighted by Crippen LogP contribution is 2.24. The molecule has 0 unspecified atom stereocenters. The Hall–Kier alpha value is -4.13. The van der Waals surface area contributed by atoms with Crippen LogP contribution in [-0.2, 0) is 14.9 Å². The van der Waals surface area contributed by atoms with Gasteiger partial charge >= 0.3 is 16.1 Å². The number of nitrogens with zero attached hydrogens (tertiary/aromatic N) is 3. The molecule has 0 aliphatic carbocycles. The molecule has 13 heteroatoms. The Morgan fingerprint density at radius 2 is 1.88 bits per heavy atom. The Kier molecular flexibility index (Phi) is 6.30. The highest BCUT2D eigenvalue weighted by Gasteiger charge is 2.26. The highest BCUT2D eigenvalue weighted by molar-refractivity contribution is 7.87. The molecule has 3 rings (SSSR count). The molecule has 0 amide bonds. The van der Waals surface area contributed by atoms with E-state index in [9.17, 15) is 32.5 Å². The Bertz CT molecular complexity index is 1350. The Balaban J connectivity index is 2.11. The van der Waals surface area contributed by atoms with E-state index in [1.54, 1.807) is 0 Å². The van der Waals surface area contributed by atoms with Gasteiger partial charge in [0.1, 0.15) is 10.7 Å². The molecule has 0 saturated heterocycles. The fraction of sp³-hybridized carbons (Fsp3) is 0.105. The van der Waals surface area contributed by atoms with Gasteiger partial charge < -0.3 is 8.92 Å². The zero-order chi connectivity index (χ0) is 23.5. The molecule has 0 bridgehead atoms. The van der Waals surface area contributed by atoms with Crippen molar-refractivity contribution in [3.63, 3.8) is 0 Å². The first-order valence-electron chi connectivity index (χ1n) is 8.89. The maximum Gasteiger partial charge on any atom is 0.362 e. The number of nitro benzene ring substituents is 1. The lowest BCUT2D eigenvalue weighted by atomic mass is 10.3. The van der Waals surface area contributed by atoms with Gasteiger partial charge in [0.2, 0.25) is 5.69 Å². The predicted octanol–water partition coefficient (Wildman–Crippen LogP) is 2.22. The average molecular weight is 463 g/mol. The average Bonchev–Trinajstić information content (AvgIpc) is 2.74. The number of hydrogen-bond acceptors (Lipinski definition) is 9. The number of nitro groups is 1. The molecule has 1 heterocycles. The van der Waals surface area contributed by atoms with Crippen LogP contribution < -0.4 is 9.74 Å². The molecule has 0 aliphatic rings. The van der Waals surface area contributed by atoms with Gasteiger partial charge in [-0.2, -0.15) is 18.2 Å². The van der Waals surface area contributed by atoms with Gasteiger partial charge in [0.15, 0.2) is 5.75 Å². The van der Waals surface area contributed by atoms with Crippen molar-refractivity contribution in [3.8, 4) is 11.4 Å². The Morgan fingerprint density at radius 1 is 1.19 bits per heavy atom. The fourth-order valence-corrected chi connectivity index (χ4v) is 3.50. The number of halogens is 1. The lowest BCUT2D eigenvalue weighted by molar-refractivity contribution is -0.385. The SMILES string of the molecule is CCOC(=O)c1nn(-c2ccc(F)cc2)c(=O)cc1OS(=O)(=O)c1cccc([N+](=O)[O-])c1. The molecule has 0 atom stereocenters. The summed E-state index contributed by atoms with van der Waals surface area (Å²) < 4.78 is 49.0. The maximum atomic E-state index is 13.2. The largest absolute Gasteiger partial charge is 0.461 e. The van der Waals surface area contributed by atoms with Crippen LogP contribution in [-0.4, -0.2) is 35.7 Å². The molecule has 0 saturated carbocycles. The number of non-ortho nitro benzene ring substituents is 1. The van der Waals surface area contributed by atoms with E-state index in [1.165, 1.54) is 19.1 Å². The van der Waals surface area contributed by atoms with Crippen molar-refractivity contribution < 1.29 is 31.4 Å². The first-order chi connectivity index (χ1) is 15.1. The van der Waals surface area contributed by atoms with Gasteiger partial charge in [-0.05, 0) is 37.3 Å². The van der Waals surface area contributed by atoms with Crippen LogP contribution >= 0.6 is 0 Å². The molecule has 11 nitrogen and oxygen atoms in total. The summed E-state index contributed by atoms with van der Waals surface area (Å²) in [5.74, 6) is -2.40. The highest BCUT2D eigenvalue weighted by atomic mass is 32.2. The standard InChI is InChI=1S/C19H14FN3O8S/c1-2-30-19(25)18-16(11-17(24)22(21-18)13-8-6-12(20)7-9-13)31-32(28,29)15-5-3-4-14(10-15)23(26)27/h3-11H,2H2,1H3. The lowest BCUT2D eigenvalue weighted by Gasteiger charge is -2.12. The second-order valence-electron chi connectivity index (χ2n) is 6.10. The molecular weight excluding hydrogens is 449 g/mol. The number of carbonyl (C=O) groups excluding carboxylic acids is 1. The third-order valence-corrected chi connectivity index (χ3v) is 5.18. The summed E-state index contributed by atoms with van der Waals surface area (Å²) >= 11 is 0. The summed E-state index contributed by atoms with van der Waals surface area (Å²) in [5, 5.41) is 14.7. The minimum Gasteiger partial charge on any atom is -0.461 e. The van der Waals surface area contributed by atoms with E-state index in [0.717, 1.165) is 41.1 Å². The zero-order valence-electron chi connectivity index (χ0n) is 16.3. The van der Waals surface area contributed by atoms with Gasteiger partial charge in [-0.15, -0.1) is 0 Å². The molecule has 0 N–H and O–H groups in total. The number of esters is 1. The first kappa shape index (κ1) is 22.6. The predicted molar refractivity (Wildman–Crippen MR) is 107 cm³/mol. The quantitative estimate of drug-likeness (QED) is 0.223. The number of aromatic nitrogens is 2. The first-order valence-corrected chi connectivity index (χ1v) is 10.3. The summed E-state index contributed by atoms with van der Waals surface area (Å²) in [6, 6.07) is 9.26. The van der Waals surface area contributed by atoms with E-state index < -0.39 is 54.4 Å². The van der Waals surface area contributed by atoms with E-state index >= 15 is 0 Å². The van der Waals surface area contributed by atoms with E-state index in [1.807, 2.05) is 0 Å². The summed E-state index contributed by atoms with van der Waals surface area (Å²) in [6.45, 7) is 1.40. The molecule has 0 aliphatic heterocycles. The Labute approximate surface area is 179 Å². The lowest BCUT2D eigenvalue weighted by Crippen LogP contribution is -2.26. The minimum atomic E-state index is -4.69. The van der Waals surface area contributed by atoms with Gasteiger partial charge in [-0.25, -0.2) is 9.18 Å². The number of rotatable bonds is 7. The molecule has 0 spiro atoms. The number of benzene rings is 2. The number of hydrogen-bond donors (Lipinski definition) is 0. The van der Waals surface area contributed by atoms with Crippen molar-refractivity contribution in [3.05, 3.63) is 86.6 Å². The van der Waals surface area contributed by atoms with Crippen LogP contribution in [0.4, 0.5) is 10.1 Å². The van der Waals surface area contributed by atoms with E-state index in [-0.39, 0.29) is 12.3 Å².